The molecule has 1 aromatic heterocycles. The molecule has 10 nitrogen and oxygen atoms in total. The van der Waals surface area contributed by atoms with Gasteiger partial charge in [-0.25, -0.2) is 4.98 Å². The number of amides is 1. The molecule has 0 bridgehead atoms. The van der Waals surface area contributed by atoms with Gasteiger partial charge >= 0.3 is 0 Å². The SMILES string of the molecule is CN1CCN(c2ccc(Nc3ncc(C#N)c(NCCCN4CCCN(C)CC4=O)n3)c(C3CC3)c2)CC1. The van der Waals surface area contributed by atoms with Crippen molar-refractivity contribution in [3.05, 3.63) is 35.5 Å². The number of aromatic nitrogens is 2. The highest BCUT2D eigenvalue weighted by Gasteiger charge is 2.28. The minimum absolute atomic E-state index is 0.182. The first-order chi connectivity index (χ1) is 18.5. The fourth-order valence-corrected chi connectivity index (χ4v) is 5.22. The van der Waals surface area contributed by atoms with Crippen LogP contribution < -0.4 is 15.5 Å². The van der Waals surface area contributed by atoms with E-state index < -0.39 is 0 Å². The standard InChI is InChI=1S/C28H39N9O/c1-34-13-15-36(16-14-34)23-7-8-25(24(17-23)21-5-6-21)32-28-31-19-22(18-29)27(33-28)30-9-3-11-37-12-4-10-35(2)20-26(37)38/h7-8,17,19,21H,3-6,9-16,20H2,1-2H3,(H2,30,31,32,33). The Kier molecular flexibility index (Phi) is 8.25. The zero-order valence-electron chi connectivity index (χ0n) is 22.6. The first kappa shape index (κ1) is 26.2. The van der Waals surface area contributed by atoms with E-state index in [4.69, 9.17) is 0 Å². The van der Waals surface area contributed by atoms with Crippen molar-refractivity contribution < 1.29 is 4.79 Å². The predicted octanol–water partition coefficient (Wildman–Crippen LogP) is 2.69. The Labute approximate surface area is 225 Å². The number of piperazine rings is 1. The van der Waals surface area contributed by atoms with Crippen molar-refractivity contribution in [1.29, 1.82) is 5.26 Å². The van der Waals surface area contributed by atoms with Gasteiger partial charge in [-0.3, -0.25) is 9.69 Å². The Morgan fingerprint density at radius 1 is 1.08 bits per heavy atom. The molecule has 1 aromatic carbocycles. The van der Waals surface area contributed by atoms with Gasteiger partial charge in [0.05, 0.1) is 12.7 Å². The van der Waals surface area contributed by atoms with Crippen molar-refractivity contribution in [1.82, 2.24) is 24.7 Å². The Balaban J connectivity index is 1.22. The average Bonchev–Trinajstić information content (AvgIpc) is 3.77. The second kappa shape index (κ2) is 12.0. The zero-order chi connectivity index (χ0) is 26.5. The molecule has 1 amide bonds. The van der Waals surface area contributed by atoms with Gasteiger partial charge in [-0.2, -0.15) is 10.2 Å². The van der Waals surface area contributed by atoms with Crippen LogP contribution in [0.25, 0.3) is 0 Å². The van der Waals surface area contributed by atoms with Crippen LogP contribution in [0.3, 0.4) is 0 Å². The lowest BCUT2D eigenvalue weighted by atomic mass is 10.1. The summed E-state index contributed by atoms with van der Waals surface area (Å²) in [7, 11) is 4.17. The maximum Gasteiger partial charge on any atom is 0.236 e. The number of carbonyl (C=O) groups excluding carboxylic acids is 1. The number of benzene rings is 1. The third-order valence-corrected chi connectivity index (χ3v) is 7.70. The van der Waals surface area contributed by atoms with Crippen LogP contribution in [-0.2, 0) is 4.79 Å². The van der Waals surface area contributed by atoms with E-state index in [1.54, 1.807) is 6.20 Å². The van der Waals surface area contributed by atoms with Crippen molar-refractivity contribution in [2.24, 2.45) is 0 Å². The lowest BCUT2D eigenvalue weighted by molar-refractivity contribution is -0.130. The molecular weight excluding hydrogens is 478 g/mol. The molecule has 1 aliphatic carbocycles. The minimum atomic E-state index is 0.182. The van der Waals surface area contributed by atoms with Gasteiger partial charge in [0.1, 0.15) is 17.5 Å². The number of carbonyl (C=O) groups is 1. The van der Waals surface area contributed by atoms with Gasteiger partial charge in [-0.05, 0) is 69.5 Å². The van der Waals surface area contributed by atoms with Gasteiger partial charge in [0, 0.05) is 63.7 Å². The van der Waals surface area contributed by atoms with Crippen LogP contribution in [0, 0.1) is 11.3 Å². The quantitative estimate of drug-likeness (QED) is 0.486. The van der Waals surface area contributed by atoms with Crippen molar-refractivity contribution in [2.45, 2.75) is 31.6 Å². The number of likely N-dealkylation sites (N-methyl/N-ethyl adjacent to an activating group) is 2. The number of nitrogens with zero attached hydrogens (tertiary/aromatic N) is 7. The van der Waals surface area contributed by atoms with E-state index in [0.717, 1.165) is 57.8 Å². The number of hydrogen-bond acceptors (Lipinski definition) is 9. The molecule has 2 aliphatic heterocycles. The minimum Gasteiger partial charge on any atom is -0.369 e. The number of rotatable bonds is 9. The van der Waals surface area contributed by atoms with Crippen LogP contribution in [0.1, 0.15) is 42.7 Å². The molecule has 3 fully saturated rings. The van der Waals surface area contributed by atoms with Crippen molar-refractivity contribution in [3.8, 4) is 6.07 Å². The third kappa shape index (κ3) is 6.52. The Hall–Kier alpha value is -3.42. The molecule has 2 saturated heterocycles. The predicted molar refractivity (Wildman–Crippen MR) is 150 cm³/mol. The second-order valence-corrected chi connectivity index (χ2v) is 10.8. The molecule has 2 N–H and O–H groups in total. The molecule has 38 heavy (non-hydrogen) atoms. The highest BCUT2D eigenvalue weighted by atomic mass is 16.2. The van der Waals surface area contributed by atoms with Gasteiger partial charge in [0.2, 0.25) is 11.9 Å². The average molecular weight is 518 g/mol. The summed E-state index contributed by atoms with van der Waals surface area (Å²) in [4.78, 5) is 30.3. The summed E-state index contributed by atoms with van der Waals surface area (Å²) in [5.41, 5.74) is 4.04. The summed E-state index contributed by atoms with van der Waals surface area (Å²) < 4.78 is 0. The molecule has 10 heteroatoms. The van der Waals surface area contributed by atoms with Crippen LogP contribution in [-0.4, -0.2) is 104 Å². The molecule has 2 aromatic rings. The first-order valence-corrected chi connectivity index (χ1v) is 13.8. The summed E-state index contributed by atoms with van der Waals surface area (Å²) >= 11 is 0. The van der Waals surface area contributed by atoms with E-state index in [-0.39, 0.29) is 5.91 Å². The van der Waals surface area contributed by atoms with E-state index in [1.807, 2.05) is 11.9 Å². The molecule has 3 heterocycles. The van der Waals surface area contributed by atoms with Crippen LogP contribution in [0.2, 0.25) is 0 Å². The first-order valence-electron chi connectivity index (χ1n) is 13.8. The fourth-order valence-electron chi connectivity index (χ4n) is 5.22. The zero-order valence-corrected chi connectivity index (χ0v) is 22.6. The van der Waals surface area contributed by atoms with Crippen LogP contribution >= 0.6 is 0 Å². The van der Waals surface area contributed by atoms with Crippen LogP contribution in [0.5, 0.6) is 0 Å². The van der Waals surface area contributed by atoms with Gasteiger partial charge < -0.3 is 25.3 Å². The van der Waals surface area contributed by atoms with E-state index >= 15 is 0 Å². The second-order valence-electron chi connectivity index (χ2n) is 10.8. The maximum absolute atomic E-state index is 12.4. The number of anilines is 4. The molecule has 0 radical (unpaired) electrons. The smallest absolute Gasteiger partial charge is 0.236 e. The molecule has 0 unspecified atom stereocenters. The van der Waals surface area contributed by atoms with Crippen molar-refractivity contribution in [3.63, 3.8) is 0 Å². The highest BCUT2D eigenvalue weighted by molar-refractivity contribution is 5.78. The number of hydrogen-bond donors (Lipinski definition) is 2. The van der Waals surface area contributed by atoms with E-state index in [9.17, 15) is 10.1 Å². The Bertz CT molecular complexity index is 1170. The summed E-state index contributed by atoms with van der Waals surface area (Å²) in [5.74, 6) is 1.75. The van der Waals surface area contributed by atoms with Crippen LogP contribution in [0.15, 0.2) is 24.4 Å². The van der Waals surface area contributed by atoms with Gasteiger partial charge in [0.25, 0.3) is 0 Å². The van der Waals surface area contributed by atoms with Gasteiger partial charge in [0.15, 0.2) is 0 Å². The molecular formula is C28H39N9O. The summed E-state index contributed by atoms with van der Waals surface area (Å²) in [6.45, 7) is 7.80. The van der Waals surface area contributed by atoms with E-state index in [1.165, 1.54) is 24.1 Å². The molecule has 0 spiro atoms. The molecule has 202 valence electrons. The highest BCUT2D eigenvalue weighted by Crippen LogP contribution is 2.45. The largest absolute Gasteiger partial charge is 0.369 e. The number of nitrogens with one attached hydrogen (secondary N) is 2. The van der Waals surface area contributed by atoms with Gasteiger partial charge in [-0.1, -0.05) is 0 Å². The lowest BCUT2D eigenvalue weighted by Crippen LogP contribution is -2.44. The molecule has 3 aliphatic rings. The Morgan fingerprint density at radius 3 is 2.66 bits per heavy atom. The normalized spacial score (nSPS) is 19.2. The maximum atomic E-state index is 12.4. The van der Waals surface area contributed by atoms with Crippen molar-refractivity contribution >= 4 is 29.0 Å². The molecule has 1 saturated carbocycles. The summed E-state index contributed by atoms with van der Waals surface area (Å²) in [6, 6.07) is 8.85. The van der Waals surface area contributed by atoms with E-state index in [2.05, 4.69) is 66.6 Å². The molecule has 5 rings (SSSR count). The monoisotopic (exact) mass is 517 g/mol. The summed E-state index contributed by atoms with van der Waals surface area (Å²) in [5, 5.41) is 16.3. The van der Waals surface area contributed by atoms with Crippen molar-refractivity contribution in [2.75, 3.05) is 88.5 Å². The number of nitriles is 1. The molecule has 0 atom stereocenters. The lowest BCUT2D eigenvalue weighted by Gasteiger charge is -2.34. The topological polar surface area (TPSA) is 104 Å². The van der Waals surface area contributed by atoms with Gasteiger partial charge in [-0.15, -0.1) is 0 Å². The van der Waals surface area contributed by atoms with E-state index in [0.29, 0.717) is 42.9 Å². The van der Waals surface area contributed by atoms with Crippen LogP contribution in [0.4, 0.5) is 23.1 Å². The summed E-state index contributed by atoms with van der Waals surface area (Å²) in [6.07, 6.45) is 5.76. The fraction of sp³-hybridized carbons (Fsp3) is 0.571. The third-order valence-electron chi connectivity index (χ3n) is 7.70. The Morgan fingerprint density at radius 2 is 1.89 bits per heavy atom.